The molecule has 0 aromatic rings. The average molecular weight is 268 g/mol. The van der Waals surface area contributed by atoms with Crippen molar-refractivity contribution < 1.29 is 9.90 Å². The van der Waals surface area contributed by atoms with Gasteiger partial charge >= 0.3 is 6.09 Å². The Morgan fingerprint density at radius 2 is 1.89 bits per heavy atom. The van der Waals surface area contributed by atoms with E-state index in [4.69, 9.17) is 5.26 Å². The monoisotopic (exact) mass is 268 g/mol. The summed E-state index contributed by atoms with van der Waals surface area (Å²) in [4.78, 5) is 13.0. The third-order valence-corrected chi connectivity index (χ3v) is 5.39. The quantitative estimate of drug-likeness (QED) is 0.795. The molecule has 0 aromatic carbocycles. The van der Waals surface area contributed by atoms with Crippen LogP contribution >= 0.6 is 0 Å². The van der Waals surface area contributed by atoms with Crippen molar-refractivity contribution in [2.24, 2.45) is 5.92 Å². The summed E-state index contributed by atoms with van der Waals surface area (Å²) >= 11 is 0. The van der Waals surface area contributed by atoms with Crippen molar-refractivity contribution in [3.8, 4) is 6.07 Å². The van der Waals surface area contributed by atoms with Crippen LogP contribution in [0.25, 0.3) is 0 Å². The van der Waals surface area contributed by atoms with Gasteiger partial charge in [-0.05, 0) is 31.7 Å². The van der Waals surface area contributed by atoms with Crippen LogP contribution in [0.5, 0.6) is 0 Å². The van der Waals surface area contributed by atoms with Gasteiger partial charge in [0.1, 0.15) is 0 Å². The molecular formula is C13H24N2O2Si. The topological polar surface area (TPSA) is 64.3 Å². The van der Waals surface area contributed by atoms with Crippen LogP contribution in [-0.2, 0) is 0 Å². The predicted molar refractivity (Wildman–Crippen MR) is 74.2 cm³/mol. The minimum Gasteiger partial charge on any atom is -0.465 e. The molecule has 0 saturated heterocycles. The maximum atomic E-state index is 11.3. The summed E-state index contributed by atoms with van der Waals surface area (Å²) in [5, 5.41) is 18.2. The second-order valence-corrected chi connectivity index (χ2v) is 12.0. The molecule has 1 fully saturated rings. The zero-order valence-electron chi connectivity index (χ0n) is 11.6. The van der Waals surface area contributed by atoms with Crippen LogP contribution in [0.4, 0.5) is 4.79 Å². The van der Waals surface area contributed by atoms with E-state index in [-0.39, 0.29) is 12.0 Å². The molecule has 1 saturated carbocycles. The summed E-state index contributed by atoms with van der Waals surface area (Å²) in [5.41, 5.74) is 0. The van der Waals surface area contributed by atoms with Gasteiger partial charge in [-0.25, -0.2) is 4.79 Å². The first-order chi connectivity index (χ1) is 8.33. The van der Waals surface area contributed by atoms with Crippen molar-refractivity contribution in [2.75, 3.05) is 6.54 Å². The lowest BCUT2D eigenvalue weighted by Crippen LogP contribution is -2.43. The van der Waals surface area contributed by atoms with E-state index in [0.29, 0.717) is 6.54 Å². The summed E-state index contributed by atoms with van der Waals surface area (Å²) in [6, 6.07) is 3.43. The highest BCUT2D eigenvalue weighted by atomic mass is 28.3. The Hall–Kier alpha value is -1.02. The molecule has 0 aromatic heterocycles. The van der Waals surface area contributed by atoms with Gasteiger partial charge in [0.2, 0.25) is 0 Å². The Labute approximate surface area is 111 Å². The molecule has 18 heavy (non-hydrogen) atoms. The van der Waals surface area contributed by atoms with Gasteiger partial charge in [0, 0.05) is 26.6 Å². The molecule has 0 atom stereocenters. The molecule has 1 aliphatic rings. The van der Waals surface area contributed by atoms with Gasteiger partial charge in [0.15, 0.2) is 0 Å². The fourth-order valence-corrected chi connectivity index (χ4v) is 3.32. The van der Waals surface area contributed by atoms with E-state index in [9.17, 15) is 9.90 Å². The highest BCUT2D eigenvalue weighted by molar-refractivity contribution is 6.76. The van der Waals surface area contributed by atoms with E-state index in [0.717, 1.165) is 31.7 Å². The van der Waals surface area contributed by atoms with Gasteiger partial charge in [-0.15, -0.1) is 0 Å². The van der Waals surface area contributed by atoms with Gasteiger partial charge in [0.25, 0.3) is 0 Å². The summed E-state index contributed by atoms with van der Waals surface area (Å²) in [7, 11) is -1.21. The number of nitriles is 1. The Balaban J connectivity index is 2.53. The number of hydrogen-bond donors (Lipinski definition) is 1. The van der Waals surface area contributed by atoms with Crippen LogP contribution in [0.3, 0.4) is 0 Å². The lowest BCUT2D eigenvalue weighted by molar-refractivity contribution is 0.110. The molecular weight excluding hydrogens is 244 g/mol. The van der Waals surface area contributed by atoms with Crippen molar-refractivity contribution in [3.63, 3.8) is 0 Å². The Morgan fingerprint density at radius 1 is 1.33 bits per heavy atom. The molecule has 102 valence electrons. The molecule has 0 aliphatic heterocycles. The lowest BCUT2D eigenvalue weighted by Gasteiger charge is -2.34. The minimum atomic E-state index is -1.21. The smallest absolute Gasteiger partial charge is 0.407 e. The van der Waals surface area contributed by atoms with Crippen molar-refractivity contribution in [3.05, 3.63) is 0 Å². The zero-order chi connectivity index (χ0) is 13.8. The molecule has 1 amide bonds. The molecule has 1 N–H and O–H groups in total. The number of carboxylic acid groups (broad SMARTS) is 1. The van der Waals surface area contributed by atoms with E-state index >= 15 is 0 Å². The van der Waals surface area contributed by atoms with Crippen LogP contribution < -0.4 is 0 Å². The van der Waals surface area contributed by atoms with E-state index in [1.54, 1.807) is 4.90 Å². The van der Waals surface area contributed by atoms with Crippen LogP contribution in [0.2, 0.25) is 25.7 Å². The molecule has 0 bridgehead atoms. The van der Waals surface area contributed by atoms with Crippen molar-refractivity contribution in [1.29, 1.82) is 5.26 Å². The van der Waals surface area contributed by atoms with Gasteiger partial charge in [-0.3, -0.25) is 0 Å². The summed E-state index contributed by atoms with van der Waals surface area (Å²) in [6.07, 6.45) is 2.58. The fraction of sp³-hybridized carbons (Fsp3) is 0.846. The Bertz CT molecular complexity index is 325. The van der Waals surface area contributed by atoms with Crippen LogP contribution in [0.1, 0.15) is 25.7 Å². The first-order valence-corrected chi connectivity index (χ1v) is 10.4. The van der Waals surface area contributed by atoms with Gasteiger partial charge in [-0.2, -0.15) is 5.26 Å². The third-order valence-electron chi connectivity index (χ3n) is 3.67. The highest BCUT2D eigenvalue weighted by Crippen LogP contribution is 2.27. The highest BCUT2D eigenvalue weighted by Gasteiger charge is 2.29. The van der Waals surface area contributed by atoms with Crippen LogP contribution in [0, 0.1) is 17.2 Å². The van der Waals surface area contributed by atoms with E-state index in [1.165, 1.54) is 0 Å². The van der Waals surface area contributed by atoms with Gasteiger partial charge in [0.05, 0.1) is 6.07 Å². The number of rotatable bonds is 4. The second kappa shape index (κ2) is 6.23. The summed E-state index contributed by atoms with van der Waals surface area (Å²) in [5.74, 6) is 0.133. The maximum absolute atomic E-state index is 11.3. The first-order valence-electron chi connectivity index (χ1n) is 6.72. The molecule has 1 rings (SSSR count). The molecule has 1 aliphatic carbocycles. The Morgan fingerprint density at radius 3 is 2.28 bits per heavy atom. The molecule has 5 heteroatoms. The van der Waals surface area contributed by atoms with E-state index < -0.39 is 14.2 Å². The normalized spacial score (nSPS) is 24.3. The molecule has 0 heterocycles. The maximum Gasteiger partial charge on any atom is 0.407 e. The number of hydrogen-bond acceptors (Lipinski definition) is 2. The van der Waals surface area contributed by atoms with Gasteiger partial charge in [-0.1, -0.05) is 19.6 Å². The predicted octanol–water partition coefficient (Wildman–Crippen LogP) is 3.39. The largest absolute Gasteiger partial charge is 0.465 e. The lowest BCUT2D eigenvalue weighted by atomic mass is 9.86. The van der Waals surface area contributed by atoms with E-state index in [2.05, 4.69) is 25.7 Å². The average Bonchev–Trinajstić information content (AvgIpc) is 2.28. The minimum absolute atomic E-state index is 0.128. The summed E-state index contributed by atoms with van der Waals surface area (Å²) < 4.78 is 0. The standard InChI is InChI=1S/C13H24N2O2Si/c1-18(2,3)9-8-15(13(16)17)12-6-4-11(10-14)5-7-12/h11-12H,4-9H2,1-3H3,(H,16,17). The number of carbonyl (C=O) groups is 1. The van der Waals surface area contributed by atoms with Crippen molar-refractivity contribution >= 4 is 14.2 Å². The van der Waals surface area contributed by atoms with Crippen molar-refractivity contribution in [2.45, 2.75) is 57.4 Å². The molecule has 0 radical (unpaired) electrons. The second-order valence-electron chi connectivity index (χ2n) is 6.42. The first kappa shape index (κ1) is 15.0. The molecule has 0 spiro atoms. The number of amides is 1. The zero-order valence-corrected chi connectivity index (χ0v) is 12.6. The van der Waals surface area contributed by atoms with Crippen LogP contribution in [0.15, 0.2) is 0 Å². The number of nitrogens with zero attached hydrogens (tertiary/aromatic N) is 2. The Kier molecular flexibility index (Phi) is 5.21. The molecule has 4 nitrogen and oxygen atoms in total. The van der Waals surface area contributed by atoms with E-state index in [1.807, 2.05) is 0 Å². The van der Waals surface area contributed by atoms with Crippen LogP contribution in [-0.4, -0.2) is 36.8 Å². The fourth-order valence-electron chi connectivity index (χ4n) is 2.41. The third kappa shape index (κ3) is 4.69. The van der Waals surface area contributed by atoms with Crippen molar-refractivity contribution in [1.82, 2.24) is 4.90 Å². The SMILES string of the molecule is C[Si](C)(C)CCN(C(=O)O)C1CCC(C#N)CC1. The molecule has 0 unspecified atom stereocenters. The van der Waals surface area contributed by atoms with Gasteiger partial charge < -0.3 is 10.0 Å². The summed E-state index contributed by atoms with van der Waals surface area (Å²) in [6.45, 7) is 7.45.